The summed E-state index contributed by atoms with van der Waals surface area (Å²) in [4.78, 5) is 12.5. The molecule has 0 aliphatic rings. The van der Waals surface area contributed by atoms with Gasteiger partial charge in [0, 0.05) is 17.6 Å². The molecule has 2 rings (SSSR count). The Morgan fingerprint density at radius 2 is 1.65 bits per heavy atom. The largest absolute Gasteiger partial charge is 0.354 e. The lowest BCUT2D eigenvalue weighted by atomic mass is 9.84. The molecule has 5 nitrogen and oxygen atoms in total. The molecule has 0 aliphatic heterocycles. The second-order valence-corrected chi connectivity index (χ2v) is 9.36. The molecule has 140 valence electrons. The van der Waals surface area contributed by atoms with Crippen molar-refractivity contribution in [3.8, 4) is 0 Å². The van der Waals surface area contributed by atoms with E-state index in [2.05, 4.69) is 26.0 Å². The van der Waals surface area contributed by atoms with Crippen molar-refractivity contribution in [2.75, 3.05) is 12.3 Å². The lowest BCUT2D eigenvalue weighted by Gasteiger charge is -2.24. The minimum Gasteiger partial charge on any atom is -0.354 e. The quantitative estimate of drug-likeness (QED) is 0.664. The molecule has 26 heavy (non-hydrogen) atoms. The predicted molar refractivity (Wildman–Crippen MR) is 107 cm³/mol. The van der Waals surface area contributed by atoms with Gasteiger partial charge in [-0.15, -0.1) is 0 Å². The van der Waals surface area contributed by atoms with Crippen LogP contribution in [0, 0.1) is 0 Å². The van der Waals surface area contributed by atoms with Crippen molar-refractivity contribution in [2.45, 2.75) is 25.8 Å². The van der Waals surface area contributed by atoms with E-state index >= 15 is 0 Å². The Morgan fingerprint density at radius 3 is 2.27 bits per heavy atom. The third-order valence-corrected chi connectivity index (χ3v) is 5.98. The molecule has 0 bridgehead atoms. The zero-order valence-corrected chi connectivity index (χ0v) is 17.2. The fraction of sp³-hybridized carbons (Fsp3) is 0.316. The summed E-state index contributed by atoms with van der Waals surface area (Å²) in [7, 11) is -3.46. The van der Waals surface area contributed by atoms with Crippen molar-refractivity contribution in [1.82, 2.24) is 10.0 Å². The van der Waals surface area contributed by atoms with Crippen molar-refractivity contribution in [3.05, 3.63) is 70.2 Å². The van der Waals surface area contributed by atoms with Gasteiger partial charge in [0.1, 0.15) is 0 Å². The van der Waals surface area contributed by atoms with Crippen LogP contribution >= 0.6 is 15.9 Å². The number of rotatable bonds is 8. The first kappa shape index (κ1) is 20.6. The first-order valence-corrected chi connectivity index (χ1v) is 10.7. The lowest BCUT2D eigenvalue weighted by Crippen LogP contribution is -2.42. The van der Waals surface area contributed by atoms with Crippen molar-refractivity contribution in [3.63, 3.8) is 0 Å². The molecule has 7 heteroatoms. The van der Waals surface area contributed by atoms with E-state index in [1.54, 1.807) is 0 Å². The molecular weight excluding hydrogens is 416 g/mol. The Balaban J connectivity index is 1.85. The molecule has 2 N–H and O–H groups in total. The zero-order chi connectivity index (χ0) is 19.2. The third kappa shape index (κ3) is 5.93. The summed E-state index contributed by atoms with van der Waals surface area (Å²) in [5, 5.41) is 2.72. The summed E-state index contributed by atoms with van der Waals surface area (Å²) in [5.74, 6) is -0.375. The number of amides is 1. The second kappa shape index (κ2) is 8.79. The normalized spacial score (nSPS) is 12.0. The molecule has 0 saturated heterocycles. The van der Waals surface area contributed by atoms with Crippen LogP contribution in [-0.4, -0.2) is 26.6 Å². The molecular formula is C19H23BrN2O3S. The Morgan fingerprint density at radius 1 is 1.04 bits per heavy atom. The van der Waals surface area contributed by atoms with Gasteiger partial charge in [-0.05, 0) is 37.1 Å². The smallest absolute Gasteiger partial charge is 0.230 e. The highest BCUT2D eigenvalue weighted by molar-refractivity contribution is 9.10. The summed E-state index contributed by atoms with van der Waals surface area (Å²) in [5.41, 5.74) is 1.00. The maximum atomic E-state index is 12.5. The highest BCUT2D eigenvalue weighted by Gasteiger charge is 2.29. The van der Waals surface area contributed by atoms with Gasteiger partial charge >= 0.3 is 0 Å². The van der Waals surface area contributed by atoms with Gasteiger partial charge in [0.15, 0.2) is 0 Å². The summed E-state index contributed by atoms with van der Waals surface area (Å²) in [6.45, 7) is 3.92. The highest BCUT2D eigenvalue weighted by Crippen LogP contribution is 2.24. The fourth-order valence-corrected chi connectivity index (χ4v) is 3.54. The molecule has 2 aromatic carbocycles. The summed E-state index contributed by atoms with van der Waals surface area (Å²) < 4.78 is 27.6. The van der Waals surface area contributed by atoms with Gasteiger partial charge in [-0.3, -0.25) is 4.79 Å². The van der Waals surface area contributed by atoms with E-state index in [0.29, 0.717) is 0 Å². The molecule has 1 amide bonds. The average Bonchev–Trinajstić information content (AvgIpc) is 2.61. The molecule has 0 atom stereocenters. The first-order chi connectivity index (χ1) is 12.2. The molecule has 0 fully saturated rings. The van der Waals surface area contributed by atoms with E-state index in [1.807, 2.05) is 68.4 Å². The average molecular weight is 439 g/mol. The summed E-state index contributed by atoms with van der Waals surface area (Å²) in [6.07, 6.45) is 0. The Bertz CT molecular complexity index is 835. The molecule has 0 heterocycles. The maximum Gasteiger partial charge on any atom is 0.230 e. The van der Waals surface area contributed by atoms with Gasteiger partial charge in [-0.2, -0.15) is 0 Å². The van der Waals surface area contributed by atoms with Gasteiger partial charge in [0.05, 0.1) is 11.2 Å². The van der Waals surface area contributed by atoms with Gasteiger partial charge in [0.2, 0.25) is 15.9 Å². The lowest BCUT2D eigenvalue weighted by molar-refractivity contribution is -0.125. The van der Waals surface area contributed by atoms with Crippen LogP contribution in [0.4, 0.5) is 0 Å². The van der Waals surface area contributed by atoms with Crippen molar-refractivity contribution < 1.29 is 13.2 Å². The van der Waals surface area contributed by atoms with E-state index in [4.69, 9.17) is 0 Å². The van der Waals surface area contributed by atoms with Crippen molar-refractivity contribution in [2.24, 2.45) is 0 Å². The van der Waals surface area contributed by atoms with Gasteiger partial charge in [-0.25, -0.2) is 13.1 Å². The third-order valence-electron chi connectivity index (χ3n) is 4.13. The van der Waals surface area contributed by atoms with Gasteiger partial charge < -0.3 is 5.32 Å². The Hall–Kier alpha value is -1.70. The van der Waals surface area contributed by atoms with Crippen LogP contribution < -0.4 is 10.0 Å². The standard InChI is InChI=1S/C19H23BrN2O3S/c1-19(2,16-8-10-17(20)11-9-16)18(23)21-12-13-26(24,25)22-14-15-6-4-3-5-7-15/h3-11,22H,12-14H2,1-2H3,(H,21,23). The number of halogens is 1. The molecule has 2 aromatic rings. The molecule has 0 aliphatic carbocycles. The Labute approximate surface area is 163 Å². The maximum absolute atomic E-state index is 12.5. The SMILES string of the molecule is CC(C)(C(=O)NCCS(=O)(=O)NCc1ccccc1)c1ccc(Br)cc1. The molecule has 0 spiro atoms. The van der Waals surface area contributed by atoms with Crippen LogP contribution in [0.5, 0.6) is 0 Å². The number of nitrogens with one attached hydrogen (secondary N) is 2. The van der Waals surface area contributed by atoms with Crippen LogP contribution in [0.15, 0.2) is 59.1 Å². The van der Waals surface area contributed by atoms with Gasteiger partial charge in [0.25, 0.3) is 0 Å². The topological polar surface area (TPSA) is 75.3 Å². The number of carbonyl (C=O) groups is 1. The fourth-order valence-electron chi connectivity index (χ4n) is 2.38. The Kier molecular flexibility index (Phi) is 6.97. The van der Waals surface area contributed by atoms with Crippen LogP contribution in [-0.2, 0) is 26.8 Å². The molecule has 0 saturated carbocycles. The van der Waals surface area contributed by atoms with Crippen LogP contribution in [0.3, 0.4) is 0 Å². The zero-order valence-electron chi connectivity index (χ0n) is 14.8. The number of hydrogen-bond donors (Lipinski definition) is 2. The van der Waals surface area contributed by atoms with Crippen molar-refractivity contribution in [1.29, 1.82) is 0 Å². The second-order valence-electron chi connectivity index (χ2n) is 6.51. The molecule has 0 aromatic heterocycles. The van der Waals surface area contributed by atoms with E-state index in [-0.39, 0.29) is 24.7 Å². The highest BCUT2D eigenvalue weighted by atomic mass is 79.9. The van der Waals surface area contributed by atoms with E-state index in [9.17, 15) is 13.2 Å². The number of hydrogen-bond acceptors (Lipinski definition) is 3. The minimum absolute atomic E-state index is 0.0584. The summed E-state index contributed by atoms with van der Waals surface area (Å²) in [6, 6.07) is 16.8. The van der Waals surface area contributed by atoms with E-state index in [0.717, 1.165) is 15.6 Å². The van der Waals surface area contributed by atoms with Crippen LogP contribution in [0.1, 0.15) is 25.0 Å². The first-order valence-electron chi connectivity index (χ1n) is 8.26. The van der Waals surface area contributed by atoms with Crippen molar-refractivity contribution >= 4 is 31.9 Å². The number of benzene rings is 2. The van der Waals surface area contributed by atoms with Gasteiger partial charge in [-0.1, -0.05) is 58.4 Å². The number of sulfonamides is 1. The summed E-state index contributed by atoms with van der Waals surface area (Å²) >= 11 is 3.37. The van der Waals surface area contributed by atoms with Crippen LogP contribution in [0.25, 0.3) is 0 Å². The minimum atomic E-state index is -3.46. The molecule has 0 unspecified atom stereocenters. The van der Waals surface area contributed by atoms with E-state index < -0.39 is 15.4 Å². The van der Waals surface area contributed by atoms with E-state index in [1.165, 1.54) is 0 Å². The molecule has 0 radical (unpaired) electrons. The number of carbonyl (C=O) groups excluding carboxylic acids is 1. The monoisotopic (exact) mass is 438 g/mol. The predicted octanol–water partition coefficient (Wildman–Crippen LogP) is 2.96. The van der Waals surface area contributed by atoms with Crippen LogP contribution in [0.2, 0.25) is 0 Å².